The molecule has 0 fully saturated rings. The lowest BCUT2D eigenvalue weighted by Crippen LogP contribution is -2.02. The Hall–Kier alpha value is -3.82. The number of hydrogen-bond donors (Lipinski definition) is 0. The van der Waals surface area contributed by atoms with E-state index < -0.39 is 19.7 Å². The third kappa shape index (κ3) is 5.16. The molecule has 0 spiro atoms. The molecule has 0 bridgehead atoms. The second-order valence-electron chi connectivity index (χ2n) is 7.40. The van der Waals surface area contributed by atoms with Crippen molar-refractivity contribution in [3.63, 3.8) is 0 Å². The molecular weight excluding hydrogens is 488 g/mol. The second-order valence-corrected chi connectivity index (χ2v) is 11.3. The van der Waals surface area contributed by atoms with Gasteiger partial charge in [0.15, 0.2) is 0 Å². The summed E-state index contributed by atoms with van der Waals surface area (Å²) in [5.74, 6) is 1.94. The largest absolute Gasteiger partial charge is 0.497 e. The van der Waals surface area contributed by atoms with E-state index in [4.69, 9.17) is 14.2 Å². The minimum absolute atomic E-state index is 0.121. The number of ether oxygens (including phenoxy) is 3. The Bertz CT molecular complexity index is 1390. The quantitative estimate of drug-likeness (QED) is 0.323. The molecule has 0 unspecified atom stereocenters. The molecule has 4 rings (SSSR count). The maximum Gasteiger partial charge on any atom is 0.206 e. The van der Waals surface area contributed by atoms with Crippen LogP contribution in [0, 0.1) is 0 Å². The molecule has 0 aliphatic carbocycles. The zero-order valence-electron chi connectivity index (χ0n) is 18.9. The summed E-state index contributed by atoms with van der Waals surface area (Å²) in [4.78, 5) is 0.549. The first-order valence-electron chi connectivity index (χ1n) is 10.4. The highest BCUT2D eigenvalue weighted by Gasteiger charge is 2.19. The van der Waals surface area contributed by atoms with E-state index in [-0.39, 0.29) is 19.6 Å². The summed E-state index contributed by atoms with van der Waals surface area (Å²) in [5, 5.41) is 0. The topological polar surface area (TPSA) is 96.0 Å². The van der Waals surface area contributed by atoms with E-state index in [1.807, 2.05) is 0 Å². The molecule has 0 amide bonds. The lowest BCUT2D eigenvalue weighted by atomic mass is 10.3. The third-order valence-corrected chi connectivity index (χ3v) is 8.81. The molecule has 35 heavy (non-hydrogen) atoms. The number of methoxy groups -OCH3 is 2. The summed E-state index contributed by atoms with van der Waals surface area (Å²) >= 11 is 0. The van der Waals surface area contributed by atoms with Crippen LogP contribution in [0.25, 0.3) is 0 Å². The van der Waals surface area contributed by atoms with Crippen LogP contribution in [0.2, 0.25) is 0 Å². The van der Waals surface area contributed by atoms with Gasteiger partial charge in [0, 0.05) is 0 Å². The van der Waals surface area contributed by atoms with Crippen LogP contribution in [0.1, 0.15) is 0 Å². The third-order valence-electron chi connectivity index (χ3n) is 5.24. The molecule has 180 valence electrons. The molecule has 0 aromatic heterocycles. The first-order chi connectivity index (χ1) is 16.7. The van der Waals surface area contributed by atoms with Crippen molar-refractivity contribution in [3.05, 3.63) is 97.1 Å². The van der Waals surface area contributed by atoms with Crippen molar-refractivity contribution in [3.8, 4) is 23.0 Å². The van der Waals surface area contributed by atoms with E-state index in [0.29, 0.717) is 23.0 Å². The molecule has 0 aliphatic heterocycles. The minimum Gasteiger partial charge on any atom is -0.497 e. The molecule has 0 atom stereocenters. The van der Waals surface area contributed by atoms with Gasteiger partial charge in [-0.25, -0.2) is 16.8 Å². The zero-order chi connectivity index (χ0) is 25.1. The molecule has 0 aliphatic rings. The molecular formula is C26H22O7S2. The molecule has 4 aromatic carbocycles. The van der Waals surface area contributed by atoms with Crippen LogP contribution in [-0.4, -0.2) is 31.1 Å². The van der Waals surface area contributed by atoms with Crippen molar-refractivity contribution < 1.29 is 31.0 Å². The number of benzene rings is 4. The summed E-state index contributed by atoms with van der Waals surface area (Å²) in [5.41, 5.74) is 0. The summed E-state index contributed by atoms with van der Waals surface area (Å²) in [6, 6.07) is 24.3. The molecule has 7 nitrogen and oxygen atoms in total. The lowest BCUT2D eigenvalue weighted by molar-refractivity contribution is 0.414. The van der Waals surface area contributed by atoms with Crippen LogP contribution in [0.3, 0.4) is 0 Å². The van der Waals surface area contributed by atoms with Gasteiger partial charge >= 0.3 is 0 Å². The normalized spacial score (nSPS) is 11.6. The fraction of sp³-hybridized carbons (Fsp3) is 0.0769. The van der Waals surface area contributed by atoms with Gasteiger partial charge in [0.25, 0.3) is 0 Å². The Labute approximate surface area is 204 Å². The maximum absolute atomic E-state index is 12.8. The van der Waals surface area contributed by atoms with E-state index in [0.717, 1.165) is 0 Å². The van der Waals surface area contributed by atoms with Gasteiger partial charge in [-0.3, -0.25) is 0 Å². The minimum atomic E-state index is -3.69. The fourth-order valence-corrected chi connectivity index (χ4v) is 5.81. The van der Waals surface area contributed by atoms with Gasteiger partial charge < -0.3 is 14.2 Å². The van der Waals surface area contributed by atoms with Gasteiger partial charge in [0.2, 0.25) is 19.7 Å². The van der Waals surface area contributed by atoms with Crippen molar-refractivity contribution in [2.24, 2.45) is 0 Å². The first-order valence-corrected chi connectivity index (χ1v) is 13.4. The molecule has 0 heterocycles. The smallest absolute Gasteiger partial charge is 0.206 e. The second kappa shape index (κ2) is 9.81. The molecule has 0 saturated heterocycles. The highest BCUT2D eigenvalue weighted by atomic mass is 32.2. The lowest BCUT2D eigenvalue weighted by Gasteiger charge is -2.10. The van der Waals surface area contributed by atoms with E-state index in [9.17, 15) is 16.8 Å². The van der Waals surface area contributed by atoms with Gasteiger partial charge in [-0.05, 0) is 97.1 Å². The fourth-order valence-electron chi connectivity index (χ4n) is 3.29. The molecule has 0 radical (unpaired) electrons. The van der Waals surface area contributed by atoms with E-state index in [2.05, 4.69) is 0 Å². The van der Waals surface area contributed by atoms with Crippen LogP contribution in [0.4, 0.5) is 0 Å². The van der Waals surface area contributed by atoms with Gasteiger partial charge in [-0.15, -0.1) is 0 Å². The average molecular weight is 511 g/mol. The predicted octanol–water partition coefficient (Wildman–Crippen LogP) is 5.16. The standard InChI is InChI=1S/C26H22O7S2/c1-31-19-3-11-23(12-4-19)34(27,28)25-15-7-21(8-16-25)33-22-9-17-26(18-10-22)35(29,30)24-13-5-20(32-2)6-14-24/h3-18H,1-2H3. The van der Waals surface area contributed by atoms with Crippen molar-refractivity contribution in [1.29, 1.82) is 0 Å². The Morgan fingerprint density at radius 2 is 0.629 bits per heavy atom. The highest BCUT2D eigenvalue weighted by molar-refractivity contribution is 7.91. The van der Waals surface area contributed by atoms with E-state index in [1.165, 1.54) is 62.8 Å². The van der Waals surface area contributed by atoms with Gasteiger partial charge in [-0.2, -0.15) is 0 Å². The van der Waals surface area contributed by atoms with Crippen LogP contribution < -0.4 is 14.2 Å². The Kier molecular flexibility index (Phi) is 6.81. The Morgan fingerprint density at radius 1 is 0.400 bits per heavy atom. The monoisotopic (exact) mass is 510 g/mol. The van der Waals surface area contributed by atoms with Crippen molar-refractivity contribution in [2.45, 2.75) is 19.6 Å². The molecule has 4 aromatic rings. The van der Waals surface area contributed by atoms with Gasteiger partial charge in [0.1, 0.15) is 23.0 Å². The molecule has 0 N–H and O–H groups in total. The van der Waals surface area contributed by atoms with Crippen LogP contribution in [0.5, 0.6) is 23.0 Å². The maximum atomic E-state index is 12.8. The van der Waals surface area contributed by atoms with Crippen LogP contribution >= 0.6 is 0 Å². The Balaban J connectivity index is 1.49. The average Bonchev–Trinajstić information content (AvgIpc) is 2.89. The zero-order valence-corrected chi connectivity index (χ0v) is 20.5. The predicted molar refractivity (Wildman–Crippen MR) is 130 cm³/mol. The highest BCUT2D eigenvalue weighted by Crippen LogP contribution is 2.29. The molecule has 0 saturated carbocycles. The van der Waals surface area contributed by atoms with Crippen LogP contribution in [0.15, 0.2) is 117 Å². The van der Waals surface area contributed by atoms with Crippen molar-refractivity contribution >= 4 is 19.7 Å². The number of sulfone groups is 2. The summed E-state index contributed by atoms with van der Waals surface area (Å²) in [6.07, 6.45) is 0. The first kappa shape index (κ1) is 24.3. The van der Waals surface area contributed by atoms with Crippen LogP contribution in [-0.2, 0) is 19.7 Å². The summed E-state index contributed by atoms with van der Waals surface area (Å²) in [7, 11) is -4.37. The van der Waals surface area contributed by atoms with E-state index >= 15 is 0 Å². The van der Waals surface area contributed by atoms with Gasteiger partial charge in [0.05, 0.1) is 33.8 Å². The Morgan fingerprint density at radius 3 is 0.857 bits per heavy atom. The summed E-state index contributed by atoms with van der Waals surface area (Å²) < 4.78 is 67.3. The number of rotatable bonds is 8. The molecule has 9 heteroatoms. The number of hydrogen-bond acceptors (Lipinski definition) is 7. The van der Waals surface area contributed by atoms with Gasteiger partial charge in [-0.1, -0.05) is 0 Å². The summed E-state index contributed by atoms with van der Waals surface area (Å²) in [6.45, 7) is 0. The van der Waals surface area contributed by atoms with Crippen molar-refractivity contribution in [2.75, 3.05) is 14.2 Å². The van der Waals surface area contributed by atoms with Crippen molar-refractivity contribution in [1.82, 2.24) is 0 Å². The van der Waals surface area contributed by atoms with E-state index in [1.54, 1.807) is 48.5 Å². The SMILES string of the molecule is COc1ccc(S(=O)(=O)c2ccc(Oc3ccc(S(=O)(=O)c4ccc(OC)cc4)cc3)cc2)cc1.